The topological polar surface area (TPSA) is 121 Å². The maximum atomic E-state index is 14.4. The van der Waals surface area contributed by atoms with Gasteiger partial charge in [-0.1, -0.05) is 49.8 Å². The lowest BCUT2D eigenvalue weighted by molar-refractivity contribution is -0.159. The summed E-state index contributed by atoms with van der Waals surface area (Å²) in [5.41, 5.74) is -1.03. The number of aromatic nitrogens is 1. The fourth-order valence-corrected chi connectivity index (χ4v) is 7.68. The molecule has 3 heterocycles. The summed E-state index contributed by atoms with van der Waals surface area (Å²) in [5, 5.41) is 1.13. The SMILES string of the molecule is CCOc1cc(O[C@@H]2C[C@H]3C(=O)C[C@]4(C(=O)OC)C[C@H]4CCCCCCC[C@H](CC(=O)OC(C)(C)C)C(=O)N3C2)c2cccc(Cl)c2n1. The molecule has 2 saturated heterocycles. The second-order valence-corrected chi connectivity index (χ2v) is 14.9. The number of carbonyl (C=O) groups is 4. The number of hydrogen-bond acceptors (Lipinski definition) is 9. The zero-order valence-electron chi connectivity index (χ0n) is 28.8. The number of pyridine rings is 1. The Kier molecular flexibility index (Phi) is 11.2. The molecule has 0 bridgehead atoms. The molecule has 0 N–H and O–H groups in total. The van der Waals surface area contributed by atoms with Gasteiger partial charge < -0.3 is 23.8 Å². The average molecular weight is 685 g/mol. The number of carbonyl (C=O) groups excluding carboxylic acids is 4. The third-order valence-corrected chi connectivity index (χ3v) is 10.1. The molecular weight excluding hydrogens is 636 g/mol. The predicted molar refractivity (Wildman–Crippen MR) is 181 cm³/mol. The van der Waals surface area contributed by atoms with E-state index in [1.807, 2.05) is 19.1 Å². The number of hydrogen-bond donors (Lipinski definition) is 0. The lowest BCUT2D eigenvalue weighted by atomic mass is 9.90. The molecule has 1 aliphatic carbocycles. The van der Waals surface area contributed by atoms with Gasteiger partial charge in [0, 0.05) is 30.2 Å². The van der Waals surface area contributed by atoms with Crippen molar-refractivity contribution in [3.8, 4) is 11.6 Å². The van der Waals surface area contributed by atoms with Crippen LogP contribution in [0.2, 0.25) is 5.02 Å². The number of para-hydroxylation sites is 1. The van der Waals surface area contributed by atoms with Crippen LogP contribution >= 0.6 is 11.6 Å². The van der Waals surface area contributed by atoms with E-state index < -0.39 is 35.0 Å². The van der Waals surface area contributed by atoms with Crippen molar-refractivity contribution in [1.82, 2.24) is 9.88 Å². The maximum Gasteiger partial charge on any atom is 0.312 e. The minimum atomic E-state index is -0.861. The molecule has 1 amide bonds. The molecule has 5 rings (SSSR count). The Labute approximate surface area is 288 Å². The summed E-state index contributed by atoms with van der Waals surface area (Å²) in [6.45, 7) is 7.80. The molecule has 2 aromatic rings. The van der Waals surface area contributed by atoms with E-state index in [-0.39, 0.29) is 49.4 Å². The van der Waals surface area contributed by atoms with Crippen LogP contribution in [0.25, 0.3) is 10.9 Å². The third kappa shape index (κ3) is 8.24. The molecule has 5 atom stereocenters. The highest BCUT2D eigenvalue weighted by atomic mass is 35.5. The van der Waals surface area contributed by atoms with E-state index in [0.717, 1.165) is 38.5 Å². The summed E-state index contributed by atoms with van der Waals surface area (Å²) in [7, 11) is 1.37. The second kappa shape index (κ2) is 15.0. The van der Waals surface area contributed by atoms with Crippen molar-refractivity contribution in [2.45, 2.75) is 116 Å². The highest BCUT2D eigenvalue weighted by Crippen LogP contribution is 2.59. The minimum Gasteiger partial charge on any atom is -0.488 e. The molecule has 48 heavy (non-hydrogen) atoms. The molecule has 3 fully saturated rings. The number of halogens is 1. The van der Waals surface area contributed by atoms with E-state index in [2.05, 4.69) is 4.98 Å². The molecule has 0 spiro atoms. The fourth-order valence-electron chi connectivity index (χ4n) is 7.46. The van der Waals surface area contributed by atoms with Crippen molar-refractivity contribution in [3.05, 3.63) is 29.3 Å². The van der Waals surface area contributed by atoms with Gasteiger partial charge in [-0.15, -0.1) is 0 Å². The van der Waals surface area contributed by atoms with E-state index in [1.165, 1.54) is 7.11 Å². The molecule has 1 saturated carbocycles. The fraction of sp³-hybridized carbons (Fsp3) is 0.649. The van der Waals surface area contributed by atoms with Gasteiger partial charge in [-0.25, -0.2) is 4.98 Å². The van der Waals surface area contributed by atoms with Crippen LogP contribution in [0, 0.1) is 17.3 Å². The van der Waals surface area contributed by atoms with Gasteiger partial charge in [0.1, 0.15) is 17.5 Å². The van der Waals surface area contributed by atoms with Gasteiger partial charge >= 0.3 is 11.9 Å². The van der Waals surface area contributed by atoms with Crippen molar-refractivity contribution >= 4 is 46.1 Å². The Balaban J connectivity index is 1.47. The quantitative estimate of drug-likeness (QED) is 0.288. The summed E-state index contributed by atoms with van der Waals surface area (Å²) in [6.07, 6.45) is 6.30. The van der Waals surface area contributed by atoms with Crippen molar-refractivity contribution < 1.29 is 38.1 Å². The Morgan fingerprint density at radius 3 is 2.52 bits per heavy atom. The van der Waals surface area contributed by atoms with Crippen LogP contribution in [0.1, 0.15) is 98.3 Å². The molecule has 11 heteroatoms. The largest absolute Gasteiger partial charge is 0.488 e. The molecule has 1 aromatic carbocycles. The van der Waals surface area contributed by atoms with Gasteiger partial charge in [-0.3, -0.25) is 19.2 Å². The smallest absolute Gasteiger partial charge is 0.312 e. The van der Waals surface area contributed by atoms with E-state index in [0.29, 0.717) is 47.0 Å². The molecule has 2 aliphatic heterocycles. The highest BCUT2D eigenvalue weighted by molar-refractivity contribution is 6.35. The molecule has 262 valence electrons. The number of ketones is 1. The van der Waals surface area contributed by atoms with Crippen molar-refractivity contribution in [2.75, 3.05) is 20.3 Å². The Morgan fingerprint density at radius 1 is 1.08 bits per heavy atom. The lowest BCUT2D eigenvalue weighted by Gasteiger charge is -2.29. The average Bonchev–Trinajstić information content (AvgIpc) is 3.55. The number of benzene rings is 1. The zero-order chi connectivity index (χ0) is 34.6. The number of esters is 2. The van der Waals surface area contributed by atoms with Crippen LogP contribution < -0.4 is 9.47 Å². The standard InChI is InChI=1S/C37H49ClN2O8/c1-6-46-31-19-30(26-15-12-16-27(38)33(26)39-31)47-25-18-28-29(41)21-37(35(44)45-5)20-24(37)14-11-9-7-8-10-13-23(34(43)40(28)22-25)17-32(42)48-36(2,3)4/h12,15-16,19,23-25,28H,6-11,13-14,17-18,20-22H2,1-5H3/t23-,24-,25-,28+,37-/m1/s1. The van der Waals surface area contributed by atoms with Crippen LogP contribution in [0.4, 0.5) is 0 Å². The first kappa shape index (κ1) is 35.9. The first-order valence-electron chi connectivity index (χ1n) is 17.4. The molecule has 0 radical (unpaired) electrons. The van der Waals surface area contributed by atoms with Crippen molar-refractivity contribution in [1.29, 1.82) is 0 Å². The summed E-state index contributed by atoms with van der Waals surface area (Å²) in [4.78, 5) is 61.0. The molecule has 0 unspecified atom stereocenters. The monoisotopic (exact) mass is 684 g/mol. The number of nitrogens with zero attached hydrogens (tertiary/aromatic N) is 2. The van der Waals surface area contributed by atoms with Gasteiger partial charge in [0.25, 0.3) is 0 Å². The second-order valence-electron chi connectivity index (χ2n) is 14.5. The normalized spacial score (nSPS) is 26.9. The Bertz CT molecular complexity index is 1520. The van der Waals surface area contributed by atoms with Crippen molar-refractivity contribution in [2.24, 2.45) is 17.3 Å². The van der Waals surface area contributed by atoms with Crippen LogP contribution in [-0.4, -0.2) is 71.5 Å². The molecular formula is C37H49ClN2O8. The van der Waals surface area contributed by atoms with E-state index >= 15 is 0 Å². The zero-order valence-corrected chi connectivity index (χ0v) is 29.6. The van der Waals surface area contributed by atoms with E-state index in [1.54, 1.807) is 37.8 Å². The van der Waals surface area contributed by atoms with Crippen LogP contribution in [0.5, 0.6) is 11.6 Å². The number of fused-ring (bicyclic) bond motifs is 3. The molecule has 3 aliphatic rings. The van der Waals surface area contributed by atoms with Crippen LogP contribution in [-0.2, 0) is 28.7 Å². The number of methoxy groups -OCH3 is 1. The van der Waals surface area contributed by atoms with Gasteiger partial charge in [0.05, 0.1) is 48.7 Å². The van der Waals surface area contributed by atoms with Gasteiger partial charge in [0.15, 0.2) is 5.78 Å². The van der Waals surface area contributed by atoms with Crippen LogP contribution in [0.15, 0.2) is 24.3 Å². The molecule has 1 aromatic heterocycles. The number of rotatable bonds is 7. The first-order chi connectivity index (χ1) is 22.8. The number of Topliss-reactive ketones (excluding diaryl/α,β-unsaturated/α-hetero) is 1. The Morgan fingerprint density at radius 2 is 1.81 bits per heavy atom. The van der Waals surface area contributed by atoms with Gasteiger partial charge in [-0.05, 0) is 65.0 Å². The number of ether oxygens (including phenoxy) is 4. The summed E-state index contributed by atoms with van der Waals surface area (Å²) >= 11 is 6.50. The van der Waals surface area contributed by atoms with E-state index in [4.69, 9.17) is 30.5 Å². The maximum absolute atomic E-state index is 14.4. The lowest BCUT2D eigenvalue weighted by Crippen LogP contribution is -2.45. The van der Waals surface area contributed by atoms with Crippen LogP contribution in [0.3, 0.4) is 0 Å². The van der Waals surface area contributed by atoms with Gasteiger partial charge in [-0.2, -0.15) is 0 Å². The molecule has 10 nitrogen and oxygen atoms in total. The van der Waals surface area contributed by atoms with E-state index in [9.17, 15) is 19.2 Å². The third-order valence-electron chi connectivity index (χ3n) is 9.83. The first-order valence-corrected chi connectivity index (χ1v) is 17.7. The minimum absolute atomic E-state index is 0.00449. The summed E-state index contributed by atoms with van der Waals surface area (Å²) in [6, 6.07) is 6.29. The summed E-state index contributed by atoms with van der Waals surface area (Å²) < 4.78 is 23.1. The highest BCUT2D eigenvalue weighted by Gasteiger charge is 2.62. The predicted octanol–water partition coefficient (Wildman–Crippen LogP) is 6.87. The summed E-state index contributed by atoms with van der Waals surface area (Å²) in [5.74, 6) is -0.984. The Hall–Kier alpha value is -3.40. The number of amides is 1. The van der Waals surface area contributed by atoms with Gasteiger partial charge in [0.2, 0.25) is 11.8 Å². The van der Waals surface area contributed by atoms with Crippen molar-refractivity contribution in [3.63, 3.8) is 0 Å².